The molecule has 2 aromatic heterocycles. The second kappa shape index (κ2) is 8.11. The van der Waals surface area contributed by atoms with Crippen molar-refractivity contribution in [3.05, 3.63) is 74.2 Å². The van der Waals surface area contributed by atoms with Crippen molar-refractivity contribution in [3.63, 3.8) is 0 Å². The number of piperidine rings is 1. The minimum absolute atomic E-state index is 0.00767. The second-order valence-corrected chi connectivity index (χ2v) is 8.95. The van der Waals surface area contributed by atoms with E-state index in [9.17, 15) is 14.4 Å². The molecule has 8 heteroatoms. The predicted molar refractivity (Wildman–Crippen MR) is 122 cm³/mol. The molecule has 31 heavy (non-hydrogen) atoms. The SMILES string of the molecule is O=C(CCn1[nH]c(=O)c2ccccc2c1=O)N1CCC[C@@H](c2nc3ccccc3s2)C1. The summed E-state index contributed by atoms with van der Waals surface area (Å²) in [5.74, 6) is 0.227. The number of carbonyl (C=O) groups excluding carboxylic acids is 1. The van der Waals surface area contributed by atoms with Gasteiger partial charge in [0.05, 0.1) is 32.5 Å². The quantitative estimate of drug-likeness (QED) is 0.535. The monoisotopic (exact) mass is 434 g/mol. The number of fused-ring (bicyclic) bond motifs is 2. The molecule has 0 spiro atoms. The molecule has 5 rings (SSSR count). The van der Waals surface area contributed by atoms with E-state index in [-0.39, 0.29) is 35.9 Å². The normalized spacial score (nSPS) is 16.8. The maximum atomic E-state index is 12.9. The van der Waals surface area contributed by atoms with Crippen LogP contribution in [0, 0.1) is 0 Å². The van der Waals surface area contributed by atoms with E-state index < -0.39 is 0 Å². The van der Waals surface area contributed by atoms with E-state index in [1.54, 1.807) is 35.6 Å². The van der Waals surface area contributed by atoms with Gasteiger partial charge in [0.15, 0.2) is 0 Å². The van der Waals surface area contributed by atoms with E-state index in [4.69, 9.17) is 4.98 Å². The number of thiazole rings is 1. The van der Waals surface area contributed by atoms with Crippen molar-refractivity contribution in [2.24, 2.45) is 0 Å². The van der Waals surface area contributed by atoms with E-state index in [0.717, 1.165) is 23.4 Å². The molecule has 3 heterocycles. The Morgan fingerprint density at radius 2 is 1.87 bits per heavy atom. The van der Waals surface area contributed by atoms with Gasteiger partial charge in [-0.05, 0) is 37.1 Å². The summed E-state index contributed by atoms with van der Waals surface area (Å²) in [7, 11) is 0. The van der Waals surface area contributed by atoms with E-state index in [1.807, 2.05) is 23.1 Å². The number of aromatic nitrogens is 3. The van der Waals surface area contributed by atoms with E-state index in [2.05, 4.69) is 11.2 Å². The number of hydrogen-bond acceptors (Lipinski definition) is 5. The van der Waals surface area contributed by atoms with Crippen LogP contribution >= 0.6 is 11.3 Å². The average Bonchev–Trinajstić information content (AvgIpc) is 3.25. The fourth-order valence-corrected chi connectivity index (χ4v) is 5.33. The van der Waals surface area contributed by atoms with Crippen molar-refractivity contribution in [3.8, 4) is 0 Å². The van der Waals surface area contributed by atoms with Gasteiger partial charge in [-0.25, -0.2) is 9.67 Å². The van der Waals surface area contributed by atoms with Crippen LogP contribution in [0.15, 0.2) is 58.1 Å². The first kappa shape index (κ1) is 19.7. The Kier molecular flexibility index (Phi) is 5.15. The summed E-state index contributed by atoms with van der Waals surface area (Å²) >= 11 is 1.70. The molecule has 0 unspecified atom stereocenters. The standard InChI is InChI=1S/C23H22N4O3S/c28-20(11-13-27-23(30)17-8-2-1-7-16(17)21(29)25-27)26-12-5-6-15(14-26)22-24-18-9-3-4-10-19(18)31-22/h1-4,7-10,15H,5-6,11-14H2,(H,25,29)/t15-/m1/s1. The van der Waals surface area contributed by atoms with Crippen LogP contribution in [0.2, 0.25) is 0 Å². The zero-order valence-corrected chi connectivity index (χ0v) is 17.7. The highest BCUT2D eigenvalue weighted by atomic mass is 32.1. The van der Waals surface area contributed by atoms with Gasteiger partial charge in [-0.1, -0.05) is 24.3 Å². The lowest BCUT2D eigenvalue weighted by atomic mass is 9.98. The number of para-hydroxylation sites is 1. The highest BCUT2D eigenvalue weighted by Crippen LogP contribution is 2.33. The second-order valence-electron chi connectivity index (χ2n) is 7.89. The first-order valence-electron chi connectivity index (χ1n) is 10.5. The number of rotatable bonds is 4. The summed E-state index contributed by atoms with van der Waals surface area (Å²) in [6, 6.07) is 14.8. The number of nitrogens with one attached hydrogen (secondary N) is 1. The lowest BCUT2D eigenvalue weighted by Gasteiger charge is -2.32. The number of benzene rings is 2. The van der Waals surface area contributed by atoms with E-state index in [1.165, 1.54) is 9.38 Å². The molecular formula is C23H22N4O3S. The third-order valence-corrected chi connectivity index (χ3v) is 7.07. The summed E-state index contributed by atoms with van der Waals surface area (Å²) in [4.78, 5) is 44.4. The number of likely N-dealkylation sites (tertiary alicyclic amines) is 1. The number of H-pyrrole nitrogens is 1. The van der Waals surface area contributed by atoms with Crippen LogP contribution < -0.4 is 11.1 Å². The Hall–Kier alpha value is -3.26. The number of aryl methyl sites for hydroxylation is 1. The van der Waals surface area contributed by atoms with Gasteiger partial charge in [0.1, 0.15) is 0 Å². The molecule has 1 fully saturated rings. The van der Waals surface area contributed by atoms with Gasteiger partial charge in [0.2, 0.25) is 5.91 Å². The minimum atomic E-state index is -0.323. The third-order valence-electron chi connectivity index (χ3n) is 5.87. The summed E-state index contributed by atoms with van der Waals surface area (Å²) in [5.41, 5.74) is 0.399. The van der Waals surface area contributed by atoms with Gasteiger partial charge in [0, 0.05) is 25.4 Å². The Morgan fingerprint density at radius 1 is 1.10 bits per heavy atom. The Labute approximate surface area is 181 Å². The van der Waals surface area contributed by atoms with Crippen molar-refractivity contribution in [1.82, 2.24) is 19.7 Å². The van der Waals surface area contributed by atoms with Crippen LogP contribution in [0.1, 0.15) is 30.2 Å². The highest BCUT2D eigenvalue weighted by molar-refractivity contribution is 7.18. The molecule has 1 atom stereocenters. The fraction of sp³-hybridized carbons (Fsp3) is 0.304. The van der Waals surface area contributed by atoms with E-state index >= 15 is 0 Å². The summed E-state index contributed by atoms with van der Waals surface area (Å²) in [6.45, 7) is 1.51. The first-order chi connectivity index (χ1) is 15.1. The molecule has 0 aliphatic carbocycles. The van der Waals surface area contributed by atoms with Crippen molar-refractivity contribution >= 4 is 38.2 Å². The van der Waals surface area contributed by atoms with Crippen LogP contribution in [0.4, 0.5) is 0 Å². The number of nitrogens with zero attached hydrogens (tertiary/aromatic N) is 3. The topological polar surface area (TPSA) is 88.1 Å². The molecule has 1 aliphatic heterocycles. The fourth-order valence-electron chi connectivity index (χ4n) is 4.24. The summed E-state index contributed by atoms with van der Waals surface area (Å²) in [6.07, 6.45) is 2.11. The predicted octanol–water partition coefficient (Wildman–Crippen LogP) is 3.10. The number of amides is 1. The van der Waals surface area contributed by atoms with Crippen LogP contribution in [0.25, 0.3) is 21.0 Å². The summed E-state index contributed by atoms with van der Waals surface area (Å²) in [5, 5.41) is 4.41. The smallest absolute Gasteiger partial charge is 0.273 e. The molecule has 0 radical (unpaired) electrons. The lowest BCUT2D eigenvalue weighted by molar-refractivity contribution is -0.132. The van der Waals surface area contributed by atoms with Crippen LogP contribution in [-0.4, -0.2) is 38.7 Å². The molecule has 7 nitrogen and oxygen atoms in total. The molecule has 0 saturated carbocycles. The van der Waals surface area contributed by atoms with Crippen molar-refractivity contribution < 1.29 is 4.79 Å². The van der Waals surface area contributed by atoms with Gasteiger partial charge in [-0.15, -0.1) is 11.3 Å². The highest BCUT2D eigenvalue weighted by Gasteiger charge is 2.27. The number of carbonyl (C=O) groups is 1. The Balaban J connectivity index is 1.29. The van der Waals surface area contributed by atoms with Crippen molar-refractivity contribution in [2.75, 3.05) is 13.1 Å². The zero-order chi connectivity index (χ0) is 21.4. The molecule has 2 aromatic carbocycles. The third kappa shape index (κ3) is 3.79. The Bertz CT molecular complexity index is 1350. The van der Waals surface area contributed by atoms with Crippen LogP contribution in [-0.2, 0) is 11.3 Å². The molecule has 1 saturated heterocycles. The van der Waals surface area contributed by atoms with E-state index in [0.29, 0.717) is 23.9 Å². The Morgan fingerprint density at radius 3 is 2.71 bits per heavy atom. The molecule has 1 aliphatic rings. The summed E-state index contributed by atoms with van der Waals surface area (Å²) < 4.78 is 2.41. The molecule has 1 amide bonds. The number of aromatic amines is 1. The molecule has 158 valence electrons. The molecule has 4 aromatic rings. The largest absolute Gasteiger partial charge is 0.342 e. The van der Waals surface area contributed by atoms with Gasteiger partial charge >= 0.3 is 0 Å². The van der Waals surface area contributed by atoms with Crippen LogP contribution in [0.5, 0.6) is 0 Å². The van der Waals surface area contributed by atoms with Gasteiger partial charge < -0.3 is 4.90 Å². The molecular weight excluding hydrogens is 412 g/mol. The first-order valence-corrected chi connectivity index (χ1v) is 11.3. The van der Waals surface area contributed by atoms with Crippen molar-refractivity contribution in [2.45, 2.75) is 31.7 Å². The lowest BCUT2D eigenvalue weighted by Crippen LogP contribution is -2.40. The maximum Gasteiger partial charge on any atom is 0.273 e. The van der Waals surface area contributed by atoms with Crippen LogP contribution in [0.3, 0.4) is 0 Å². The minimum Gasteiger partial charge on any atom is -0.342 e. The average molecular weight is 435 g/mol. The van der Waals surface area contributed by atoms with Gasteiger partial charge in [0.25, 0.3) is 11.1 Å². The number of hydrogen-bond donors (Lipinski definition) is 1. The zero-order valence-electron chi connectivity index (χ0n) is 16.9. The van der Waals surface area contributed by atoms with Gasteiger partial charge in [-0.2, -0.15) is 0 Å². The van der Waals surface area contributed by atoms with Crippen molar-refractivity contribution in [1.29, 1.82) is 0 Å². The molecule has 0 bridgehead atoms. The maximum absolute atomic E-state index is 12.9. The van der Waals surface area contributed by atoms with Gasteiger partial charge in [-0.3, -0.25) is 19.5 Å². The molecule has 1 N–H and O–H groups in total.